The van der Waals surface area contributed by atoms with Gasteiger partial charge >= 0.3 is 6.09 Å². The summed E-state index contributed by atoms with van der Waals surface area (Å²) in [4.78, 5) is 13.3. The van der Waals surface area contributed by atoms with Crippen LogP contribution < -0.4 is 0 Å². The minimum Gasteiger partial charge on any atom is -0.444 e. The maximum Gasteiger partial charge on any atom is 0.410 e. The highest BCUT2D eigenvalue weighted by Crippen LogP contribution is 2.14. The molecule has 1 amide bonds. The summed E-state index contributed by atoms with van der Waals surface area (Å²) in [5.74, 6) is 2.50. The summed E-state index contributed by atoms with van der Waals surface area (Å²) >= 11 is 0. The molecule has 4 heteroatoms. The predicted molar refractivity (Wildman–Crippen MR) is 76.8 cm³/mol. The van der Waals surface area contributed by atoms with E-state index in [1.165, 1.54) is 4.90 Å². The summed E-state index contributed by atoms with van der Waals surface area (Å²) in [6.07, 6.45) is 4.94. The Balaban J connectivity index is 2.86. The van der Waals surface area contributed by atoms with Gasteiger partial charge in [0.05, 0.1) is 11.6 Å². The first kappa shape index (κ1) is 15.6. The number of carbonyl (C=O) groups excluding carboxylic acids is 1. The number of hydrogen-bond acceptors (Lipinski definition) is 3. The highest BCUT2D eigenvalue weighted by molar-refractivity contribution is 5.67. The highest BCUT2D eigenvalue weighted by atomic mass is 16.6. The number of rotatable bonds is 2. The molecule has 0 aromatic heterocycles. The van der Waals surface area contributed by atoms with Crippen molar-refractivity contribution in [2.24, 2.45) is 0 Å². The van der Waals surface area contributed by atoms with Crippen LogP contribution in [0, 0.1) is 23.7 Å². The minimum atomic E-state index is -0.538. The van der Waals surface area contributed by atoms with E-state index in [9.17, 15) is 4.79 Å². The summed E-state index contributed by atoms with van der Waals surface area (Å²) in [6, 6.07) is 7.18. The van der Waals surface area contributed by atoms with Gasteiger partial charge < -0.3 is 9.64 Å². The van der Waals surface area contributed by atoms with Crippen molar-refractivity contribution >= 4 is 6.09 Å². The molecule has 0 aliphatic heterocycles. The third-order valence-corrected chi connectivity index (χ3v) is 2.41. The molecule has 20 heavy (non-hydrogen) atoms. The number of nitrogens with zero attached hydrogens (tertiary/aromatic N) is 2. The van der Waals surface area contributed by atoms with Crippen LogP contribution in [0.5, 0.6) is 0 Å². The lowest BCUT2D eigenvalue weighted by Crippen LogP contribution is -2.33. The molecule has 0 atom stereocenters. The number of amides is 1. The first-order valence-corrected chi connectivity index (χ1v) is 6.20. The van der Waals surface area contributed by atoms with Crippen LogP contribution in [0.2, 0.25) is 0 Å². The largest absolute Gasteiger partial charge is 0.444 e. The van der Waals surface area contributed by atoms with E-state index in [1.54, 1.807) is 25.2 Å². The molecule has 0 unspecified atom stereocenters. The van der Waals surface area contributed by atoms with Gasteiger partial charge in [0.2, 0.25) is 0 Å². The number of carbonyl (C=O) groups is 1. The lowest BCUT2D eigenvalue weighted by atomic mass is 10.1. The van der Waals surface area contributed by atoms with E-state index in [1.807, 2.05) is 20.8 Å². The normalized spacial score (nSPS) is 10.3. The van der Waals surface area contributed by atoms with E-state index in [4.69, 9.17) is 16.4 Å². The average Bonchev–Trinajstić information content (AvgIpc) is 2.36. The monoisotopic (exact) mass is 270 g/mol. The van der Waals surface area contributed by atoms with Crippen molar-refractivity contribution in [2.75, 3.05) is 7.05 Å². The van der Waals surface area contributed by atoms with Crippen LogP contribution in [-0.2, 0) is 11.3 Å². The van der Waals surface area contributed by atoms with Gasteiger partial charge in [-0.05, 0) is 44.5 Å². The third-order valence-electron chi connectivity index (χ3n) is 2.41. The van der Waals surface area contributed by atoms with E-state index in [2.05, 4.69) is 12.0 Å². The quantitative estimate of drug-likeness (QED) is 0.776. The zero-order chi connectivity index (χ0) is 15.3. The molecule has 0 aliphatic rings. The van der Waals surface area contributed by atoms with Gasteiger partial charge in [0.1, 0.15) is 5.60 Å². The van der Waals surface area contributed by atoms with E-state index in [0.29, 0.717) is 17.7 Å². The van der Waals surface area contributed by atoms with Gasteiger partial charge in [0.25, 0.3) is 0 Å². The molecule has 0 bridgehead atoms. The topological polar surface area (TPSA) is 53.3 Å². The van der Waals surface area contributed by atoms with Gasteiger partial charge in [0, 0.05) is 19.2 Å². The smallest absolute Gasteiger partial charge is 0.410 e. The number of hydrogen-bond donors (Lipinski definition) is 0. The second-order valence-corrected chi connectivity index (χ2v) is 5.51. The Bertz CT molecular complexity index is 554. The molecule has 0 heterocycles. The van der Waals surface area contributed by atoms with Gasteiger partial charge in [-0.1, -0.05) is 5.92 Å². The Morgan fingerprint density at radius 1 is 1.35 bits per heavy atom. The standard InChI is InChI=1S/C16H18N2O2/c1-6-12-7-13(10-17)9-14(8-12)11-18(5)15(19)20-16(2,3)4/h1,7-9H,11H2,2-5H3. The fourth-order valence-corrected chi connectivity index (χ4v) is 1.61. The number of ether oxygens (including phenoxy) is 1. The lowest BCUT2D eigenvalue weighted by Gasteiger charge is -2.24. The zero-order valence-corrected chi connectivity index (χ0v) is 12.2. The van der Waals surface area contributed by atoms with Gasteiger partial charge in [-0.25, -0.2) is 4.79 Å². The molecule has 0 saturated heterocycles. The van der Waals surface area contributed by atoms with E-state index in [-0.39, 0.29) is 0 Å². The molecule has 104 valence electrons. The van der Waals surface area contributed by atoms with Crippen LogP contribution in [0.3, 0.4) is 0 Å². The van der Waals surface area contributed by atoms with Crippen LogP contribution in [0.1, 0.15) is 37.5 Å². The maximum atomic E-state index is 11.9. The SMILES string of the molecule is C#Cc1cc(C#N)cc(CN(C)C(=O)OC(C)(C)C)c1. The summed E-state index contributed by atoms with van der Waals surface area (Å²) in [6.45, 7) is 5.77. The number of nitriles is 1. The summed E-state index contributed by atoms with van der Waals surface area (Å²) < 4.78 is 5.27. The lowest BCUT2D eigenvalue weighted by molar-refractivity contribution is 0.0285. The minimum absolute atomic E-state index is 0.332. The van der Waals surface area contributed by atoms with Crippen molar-refractivity contribution in [3.05, 3.63) is 34.9 Å². The second kappa shape index (κ2) is 6.12. The van der Waals surface area contributed by atoms with Gasteiger partial charge in [-0.2, -0.15) is 5.26 Å². The summed E-state index contributed by atoms with van der Waals surface area (Å²) in [5.41, 5.74) is 1.36. The summed E-state index contributed by atoms with van der Waals surface area (Å²) in [7, 11) is 1.64. The van der Waals surface area contributed by atoms with Crippen LogP contribution in [0.4, 0.5) is 4.79 Å². The van der Waals surface area contributed by atoms with Gasteiger partial charge in [-0.3, -0.25) is 0 Å². The number of terminal acetylenes is 1. The molecule has 0 spiro atoms. The van der Waals surface area contributed by atoms with Crippen molar-refractivity contribution in [2.45, 2.75) is 32.9 Å². The average molecular weight is 270 g/mol. The van der Waals surface area contributed by atoms with Crippen molar-refractivity contribution in [3.63, 3.8) is 0 Å². The Labute approximate surface area is 120 Å². The van der Waals surface area contributed by atoms with Crippen molar-refractivity contribution in [1.29, 1.82) is 5.26 Å². The highest BCUT2D eigenvalue weighted by Gasteiger charge is 2.19. The Morgan fingerprint density at radius 3 is 2.45 bits per heavy atom. The fourth-order valence-electron chi connectivity index (χ4n) is 1.61. The molecule has 1 aromatic rings. The van der Waals surface area contributed by atoms with E-state index in [0.717, 1.165) is 5.56 Å². The van der Waals surface area contributed by atoms with Crippen molar-refractivity contribution < 1.29 is 9.53 Å². The second-order valence-electron chi connectivity index (χ2n) is 5.51. The van der Waals surface area contributed by atoms with Crippen LogP contribution in [0.25, 0.3) is 0 Å². The predicted octanol–water partition coefficient (Wildman–Crippen LogP) is 2.91. The van der Waals surface area contributed by atoms with Crippen molar-refractivity contribution in [3.8, 4) is 18.4 Å². The molecule has 0 saturated carbocycles. The van der Waals surface area contributed by atoms with Crippen LogP contribution >= 0.6 is 0 Å². The molecule has 4 nitrogen and oxygen atoms in total. The Hall–Kier alpha value is -2.46. The molecule has 0 N–H and O–H groups in total. The first-order valence-electron chi connectivity index (χ1n) is 6.20. The van der Waals surface area contributed by atoms with Gasteiger partial charge in [-0.15, -0.1) is 6.42 Å². The molecule has 1 aromatic carbocycles. The first-order chi connectivity index (χ1) is 9.25. The van der Waals surface area contributed by atoms with Crippen molar-refractivity contribution in [1.82, 2.24) is 4.90 Å². The fraction of sp³-hybridized carbons (Fsp3) is 0.375. The summed E-state index contributed by atoms with van der Waals surface area (Å²) in [5, 5.41) is 8.95. The molecule has 0 aliphatic carbocycles. The molecule has 0 fully saturated rings. The Morgan fingerprint density at radius 2 is 1.95 bits per heavy atom. The van der Waals surface area contributed by atoms with E-state index < -0.39 is 11.7 Å². The Kier molecular flexibility index (Phi) is 4.78. The van der Waals surface area contributed by atoms with Gasteiger partial charge in [0.15, 0.2) is 0 Å². The maximum absolute atomic E-state index is 11.9. The molecule has 0 radical (unpaired) electrons. The third kappa shape index (κ3) is 4.66. The van der Waals surface area contributed by atoms with Crippen LogP contribution in [0.15, 0.2) is 18.2 Å². The van der Waals surface area contributed by atoms with E-state index >= 15 is 0 Å². The molecular weight excluding hydrogens is 252 g/mol. The van der Waals surface area contributed by atoms with Crippen LogP contribution in [-0.4, -0.2) is 23.6 Å². The molecular formula is C16H18N2O2. The zero-order valence-electron chi connectivity index (χ0n) is 12.2. The number of benzene rings is 1. The molecule has 1 rings (SSSR count).